The summed E-state index contributed by atoms with van der Waals surface area (Å²) in [6.45, 7) is 0. The highest BCUT2D eigenvalue weighted by atomic mass is 16.5. The molecule has 214 valence electrons. The maximum Gasteiger partial charge on any atom is 0.135 e. The first kappa shape index (κ1) is 25.2. The number of nitrogens with zero attached hydrogens (tertiary/aromatic N) is 1. The summed E-state index contributed by atoms with van der Waals surface area (Å²) < 4.78 is 8.73. The predicted molar refractivity (Wildman–Crippen MR) is 192 cm³/mol. The quantitative estimate of drug-likeness (QED) is 0.201. The van der Waals surface area contributed by atoms with Crippen LogP contribution in [0.5, 0.6) is 11.5 Å². The van der Waals surface area contributed by atoms with E-state index in [2.05, 4.69) is 168 Å². The molecule has 1 aliphatic heterocycles. The van der Waals surface area contributed by atoms with Gasteiger partial charge in [0.05, 0.1) is 11.0 Å². The van der Waals surface area contributed by atoms with E-state index in [1.54, 1.807) is 0 Å². The fourth-order valence-electron chi connectivity index (χ4n) is 7.42. The lowest BCUT2D eigenvalue weighted by molar-refractivity contribution is 0.487. The van der Waals surface area contributed by atoms with E-state index in [-0.39, 0.29) is 0 Å². The summed E-state index contributed by atoms with van der Waals surface area (Å²) in [5.74, 6) is 1.83. The van der Waals surface area contributed by atoms with Crippen molar-refractivity contribution in [2.45, 2.75) is 0 Å². The van der Waals surface area contributed by atoms with Crippen LogP contribution < -0.4 is 4.74 Å². The summed E-state index contributed by atoms with van der Waals surface area (Å²) in [6.07, 6.45) is 0. The molecule has 0 aliphatic carbocycles. The monoisotopic (exact) mass is 585 g/mol. The Morgan fingerprint density at radius 3 is 1.89 bits per heavy atom. The van der Waals surface area contributed by atoms with Crippen molar-refractivity contribution in [3.63, 3.8) is 0 Å². The minimum Gasteiger partial charge on any atom is -0.456 e. The first-order valence-corrected chi connectivity index (χ1v) is 15.8. The fourth-order valence-corrected chi connectivity index (χ4v) is 7.42. The van der Waals surface area contributed by atoms with E-state index in [1.165, 1.54) is 76.9 Å². The highest BCUT2D eigenvalue weighted by Crippen LogP contribution is 2.47. The van der Waals surface area contributed by atoms with Crippen LogP contribution in [0.25, 0.3) is 82.4 Å². The molecule has 0 bridgehead atoms. The number of aromatic nitrogens is 1. The largest absolute Gasteiger partial charge is 0.456 e. The molecule has 10 rings (SSSR count). The smallest absolute Gasteiger partial charge is 0.135 e. The van der Waals surface area contributed by atoms with E-state index in [9.17, 15) is 0 Å². The third kappa shape index (κ3) is 3.71. The predicted octanol–water partition coefficient (Wildman–Crippen LogP) is 12.2. The van der Waals surface area contributed by atoms with Gasteiger partial charge in [-0.15, -0.1) is 0 Å². The second kappa shape index (κ2) is 9.69. The van der Waals surface area contributed by atoms with E-state index >= 15 is 0 Å². The summed E-state index contributed by atoms with van der Waals surface area (Å²) in [5, 5.41) is 7.48. The molecule has 1 aromatic heterocycles. The Labute approximate surface area is 266 Å². The summed E-state index contributed by atoms with van der Waals surface area (Å²) in [4.78, 5) is 0. The second-order valence-electron chi connectivity index (χ2n) is 12.1. The van der Waals surface area contributed by atoms with Gasteiger partial charge in [0, 0.05) is 27.4 Å². The topological polar surface area (TPSA) is 14.2 Å². The van der Waals surface area contributed by atoms with Gasteiger partial charge in [-0.25, -0.2) is 0 Å². The normalized spacial score (nSPS) is 12.1. The van der Waals surface area contributed by atoms with Gasteiger partial charge in [0.15, 0.2) is 0 Å². The highest BCUT2D eigenvalue weighted by molar-refractivity contribution is 6.22. The average molecular weight is 586 g/mol. The molecule has 2 nitrogen and oxygen atoms in total. The molecule has 0 atom stereocenters. The van der Waals surface area contributed by atoms with Gasteiger partial charge >= 0.3 is 0 Å². The molecule has 2 heteroatoms. The van der Waals surface area contributed by atoms with Crippen LogP contribution in [0.15, 0.2) is 164 Å². The van der Waals surface area contributed by atoms with E-state index in [4.69, 9.17) is 4.74 Å². The maximum absolute atomic E-state index is 6.34. The third-order valence-electron chi connectivity index (χ3n) is 9.58. The highest BCUT2D eigenvalue weighted by Gasteiger charge is 2.20. The van der Waals surface area contributed by atoms with E-state index in [0.717, 1.165) is 17.1 Å². The van der Waals surface area contributed by atoms with Crippen molar-refractivity contribution in [3.8, 4) is 50.6 Å². The van der Waals surface area contributed by atoms with Crippen LogP contribution in [-0.2, 0) is 0 Å². The van der Waals surface area contributed by atoms with Gasteiger partial charge in [0.1, 0.15) is 11.5 Å². The zero-order valence-electron chi connectivity index (χ0n) is 24.9. The number of hydrogen-bond acceptors (Lipinski definition) is 1. The van der Waals surface area contributed by atoms with Crippen molar-refractivity contribution in [2.75, 3.05) is 0 Å². The molecule has 0 N–H and O–H groups in total. The van der Waals surface area contributed by atoms with Crippen molar-refractivity contribution < 1.29 is 4.74 Å². The minimum atomic E-state index is 0.905. The summed E-state index contributed by atoms with van der Waals surface area (Å²) in [7, 11) is 0. The van der Waals surface area contributed by atoms with E-state index < -0.39 is 0 Å². The van der Waals surface area contributed by atoms with Crippen molar-refractivity contribution in [1.29, 1.82) is 0 Å². The van der Waals surface area contributed by atoms with Gasteiger partial charge in [-0.1, -0.05) is 115 Å². The van der Waals surface area contributed by atoms with Crippen LogP contribution in [0.4, 0.5) is 0 Å². The van der Waals surface area contributed by atoms with Crippen LogP contribution in [0.2, 0.25) is 0 Å². The molecule has 46 heavy (non-hydrogen) atoms. The Hall–Kier alpha value is -6.12. The van der Waals surface area contributed by atoms with Gasteiger partial charge < -0.3 is 9.30 Å². The Morgan fingerprint density at radius 2 is 1.04 bits per heavy atom. The number of benzene rings is 8. The number of rotatable bonds is 3. The molecular formula is C44H27NO. The van der Waals surface area contributed by atoms with Gasteiger partial charge in [0.25, 0.3) is 0 Å². The molecule has 0 spiro atoms. The van der Waals surface area contributed by atoms with Crippen molar-refractivity contribution in [1.82, 2.24) is 4.57 Å². The van der Waals surface area contributed by atoms with Gasteiger partial charge in [0.2, 0.25) is 0 Å². The Balaban J connectivity index is 1.09. The molecule has 1 aliphatic rings. The lowest BCUT2D eigenvalue weighted by atomic mass is 9.92. The lowest BCUT2D eigenvalue weighted by Gasteiger charge is -2.22. The molecule has 0 amide bonds. The van der Waals surface area contributed by atoms with Crippen molar-refractivity contribution in [3.05, 3.63) is 164 Å². The first-order valence-electron chi connectivity index (χ1n) is 15.8. The van der Waals surface area contributed by atoms with E-state index in [1.807, 2.05) is 0 Å². The fraction of sp³-hybridized carbons (Fsp3) is 0. The average Bonchev–Trinajstić information content (AvgIpc) is 3.46. The molecule has 0 unspecified atom stereocenters. The minimum absolute atomic E-state index is 0.905. The van der Waals surface area contributed by atoms with E-state index in [0.29, 0.717) is 0 Å². The lowest BCUT2D eigenvalue weighted by Crippen LogP contribution is -1.97. The summed E-state index contributed by atoms with van der Waals surface area (Å²) in [5.41, 5.74) is 10.7. The Bertz CT molecular complexity index is 2640. The zero-order chi connectivity index (χ0) is 30.2. The molecule has 2 heterocycles. The summed E-state index contributed by atoms with van der Waals surface area (Å²) in [6, 6.07) is 59.0. The molecule has 0 radical (unpaired) electrons. The number of para-hydroxylation sites is 1. The maximum atomic E-state index is 6.34. The Morgan fingerprint density at radius 1 is 0.370 bits per heavy atom. The van der Waals surface area contributed by atoms with Gasteiger partial charge in [-0.05, 0) is 92.5 Å². The van der Waals surface area contributed by atoms with Crippen LogP contribution >= 0.6 is 0 Å². The number of hydrogen-bond donors (Lipinski definition) is 0. The third-order valence-corrected chi connectivity index (χ3v) is 9.58. The molecule has 0 saturated carbocycles. The second-order valence-corrected chi connectivity index (χ2v) is 12.1. The molecule has 8 aromatic carbocycles. The SMILES string of the molecule is c1ccc(-n2c3ccc(-c4ccc(-c5ccc6c(c5)-c5cccc7cccc(c57)O6)cc4)cc3c3c4ccccc4ccc32)cc1. The zero-order valence-corrected chi connectivity index (χ0v) is 24.9. The molecule has 0 saturated heterocycles. The van der Waals surface area contributed by atoms with Crippen LogP contribution in [0, 0.1) is 0 Å². The van der Waals surface area contributed by atoms with Crippen molar-refractivity contribution >= 4 is 43.4 Å². The standard InChI is InChI=1S/C44H27NO/c1-2-11-34(12-3-1)45-39-23-21-32(27-38(39)44-35-13-5-4-8-30(35)20-24-40(44)45)28-16-18-29(19-17-28)33-22-25-41-37(26-33)36-14-6-9-31-10-7-15-42(46-41)43(31)36/h1-27H. The number of ether oxygens (including phenoxy) is 1. The first-order chi connectivity index (χ1) is 22.8. The van der Waals surface area contributed by atoms with Gasteiger partial charge in [-0.2, -0.15) is 0 Å². The van der Waals surface area contributed by atoms with Crippen LogP contribution in [-0.4, -0.2) is 4.57 Å². The van der Waals surface area contributed by atoms with Crippen molar-refractivity contribution in [2.24, 2.45) is 0 Å². The molecule has 0 fully saturated rings. The van der Waals surface area contributed by atoms with Crippen LogP contribution in [0.3, 0.4) is 0 Å². The molecule has 9 aromatic rings. The Kier molecular flexibility index (Phi) is 5.31. The van der Waals surface area contributed by atoms with Gasteiger partial charge in [-0.3, -0.25) is 0 Å². The molecular weight excluding hydrogens is 558 g/mol. The summed E-state index contributed by atoms with van der Waals surface area (Å²) >= 11 is 0. The van der Waals surface area contributed by atoms with Crippen LogP contribution in [0.1, 0.15) is 0 Å². The number of fused-ring (bicyclic) bond motifs is 7.